The van der Waals surface area contributed by atoms with Crippen LogP contribution < -0.4 is 11.1 Å². The number of hydrogen-bond donors (Lipinski definition) is 3. The molecule has 0 saturated carbocycles. The van der Waals surface area contributed by atoms with Gasteiger partial charge in [0.05, 0.1) is 0 Å². The van der Waals surface area contributed by atoms with Crippen LogP contribution in [0.5, 0.6) is 0 Å². The third-order valence-corrected chi connectivity index (χ3v) is 2.15. The SMILES string of the molecule is CC(CCO)NC(=O)C(C)C(C)N. The van der Waals surface area contributed by atoms with Crippen LogP contribution >= 0.6 is 0 Å². The summed E-state index contributed by atoms with van der Waals surface area (Å²) in [6.07, 6.45) is 0.581. The smallest absolute Gasteiger partial charge is 0.224 e. The molecule has 1 amide bonds. The first-order valence-corrected chi connectivity index (χ1v) is 4.65. The summed E-state index contributed by atoms with van der Waals surface area (Å²) in [5.41, 5.74) is 5.58. The Morgan fingerprint density at radius 1 is 1.46 bits per heavy atom. The van der Waals surface area contributed by atoms with E-state index in [2.05, 4.69) is 5.32 Å². The Hall–Kier alpha value is -0.610. The fourth-order valence-corrected chi connectivity index (χ4v) is 0.879. The molecule has 4 N–H and O–H groups in total. The number of aliphatic hydroxyl groups is 1. The number of carbonyl (C=O) groups excluding carboxylic acids is 1. The van der Waals surface area contributed by atoms with E-state index in [9.17, 15) is 4.79 Å². The number of carbonyl (C=O) groups is 1. The Balaban J connectivity index is 3.85. The maximum Gasteiger partial charge on any atom is 0.224 e. The molecule has 0 radical (unpaired) electrons. The fourth-order valence-electron chi connectivity index (χ4n) is 0.879. The Labute approximate surface area is 79.5 Å². The van der Waals surface area contributed by atoms with Gasteiger partial charge in [-0.1, -0.05) is 6.92 Å². The van der Waals surface area contributed by atoms with E-state index in [0.29, 0.717) is 6.42 Å². The van der Waals surface area contributed by atoms with Crippen LogP contribution in [0, 0.1) is 5.92 Å². The second-order valence-electron chi connectivity index (χ2n) is 3.57. The van der Waals surface area contributed by atoms with Crippen LogP contribution in [-0.2, 0) is 4.79 Å². The lowest BCUT2D eigenvalue weighted by Crippen LogP contribution is -2.42. The molecule has 0 spiro atoms. The summed E-state index contributed by atoms with van der Waals surface area (Å²) in [4.78, 5) is 11.4. The quantitative estimate of drug-likeness (QED) is 0.562. The highest BCUT2D eigenvalue weighted by Gasteiger charge is 2.18. The summed E-state index contributed by atoms with van der Waals surface area (Å²) in [7, 11) is 0. The summed E-state index contributed by atoms with van der Waals surface area (Å²) in [5, 5.41) is 11.4. The molecule has 0 bridgehead atoms. The normalized spacial score (nSPS) is 17.6. The first-order valence-electron chi connectivity index (χ1n) is 4.65. The first kappa shape index (κ1) is 12.4. The molecule has 4 nitrogen and oxygen atoms in total. The third kappa shape index (κ3) is 4.85. The second-order valence-corrected chi connectivity index (χ2v) is 3.57. The van der Waals surface area contributed by atoms with E-state index in [4.69, 9.17) is 10.8 Å². The van der Waals surface area contributed by atoms with Crippen molar-refractivity contribution in [1.29, 1.82) is 0 Å². The molecule has 78 valence electrons. The summed E-state index contributed by atoms with van der Waals surface area (Å²) < 4.78 is 0. The third-order valence-electron chi connectivity index (χ3n) is 2.15. The van der Waals surface area contributed by atoms with Gasteiger partial charge in [0.25, 0.3) is 0 Å². The Kier molecular flexibility index (Phi) is 5.66. The second kappa shape index (κ2) is 5.94. The van der Waals surface area contributed by atoms with E-state index in [1.807, 2.05) is 6.92 Å². The maximum absolute atomic E-state index is 11.4. The standard InChI is InChI=1S/C9H20N2O2/c1-6(4-5-12)11-9(13)7(2)8(3)10/h6-8,12H,4-5,10H2,1-3H3,(H,11,13). The molecule has 0 aromatic carbocycles. The number of nitrogens with one attached hydrogen (secondary N) is 1. The zero-order valence-electron chi connectivity index (χ0n) is 8.58. The molecule has 13 heavy (non-hydrogen) atoms. The monoisotopic (exact) mass is 188 g/mol. The number of aliphatic hydroxyl groups excluding tert-OH is 1. The van der Waals surface area contributed by atoms with Crippen molar-refractivity contribution in [1.82, 2.24) is 5.32 Å². The van der Waals surface area contributed by atoms with Crippen molar-refractivity contribution in [3.63, 3.8) is 0 Å². The molecular weight excluding hydrogens is 168 g/mol. The van der Waals surface area contributed by atoms with Gasteiger partial charge in [-0.3, -0.25) is 4.79 Å². The van der Waals surface area contributed by atoms with Crippen molar-refractivity contribution in [3.8, 4) is 0 Å². The van der Waals surface area contributed by atoms with E-state index in [-0.39, 0.29) is 30.5 Å². The van der Waals surface area contributed by atoms with E-state index < -0.39 is 0 Å². The van der Waals surface area contributed by atoms with Crippen LogP contribution in [0.2, 0.25) is 0 Å². The summed E-state index contributed by atoms with van der Waals surface area (Å²) in [6, 6.07) is -0.125. The lowest BCUT2D eigenvalue weighted by atomic mass is 10.0. The Morgan fingerprint density at radius 3 is 2.38 bits per heavy atom. The largest absolute Gasteiger partial charge is 0.396 e. The molecule has 3 unspecified atom stereocenters. The number of nitrogens with two attached hydrogens (primary N) is 1. The van der Waals surface area contributed by atoms with Gasteiger partial charge in [0, 0.05) is 24.6 Å². The predicted octanol–water partition coefficient (Wildman–Crippen LogP) is -0.143. The number of rotatable bonds is 5. The van der Waals surface area contributed by atoms with Crippen molar-refractivity contribution in [3.05, 3.63) is 0 Å². The molecule has 0 aliphatic rings. The highest BCUT2D eigenvalue weighted by Crippen LogP contribution is 2.01. The molecule has 0 fully saturated rings. The molecule has 0 aliphatic heterocycles. The number of hydrogen-bond acceptors (Lipinski definition) is 3. The summed E-state index contributed by atoms with van der Waals surface area (Å²) in [6.45, 7) is 5.56. The van der Waals surface area contributed by atoms with Gasteiger partial charge in [0.1, 0.15) is 0 Å². The van der Waals surface area contributed by atoms with Crippen LogP contribution in [0.4, 0.5) is 0 Å². The van der Waals surface area contributed by atoms with Gasteiger partial charge in [-0.05, 0) is 20.3 Å². The summed E-state index contributed by atoms with van der Waals surface area (Å²) >= 11 is 0. The van der Waals surface area contributed by atoms with Gasteiger partial charge in [-0.15, -0.1) is 0 Å². The first-order chi connectivity index (χ1) is 5.99. The minimum atomic E-state index is -0.179. The Bertz CT molecular complexity index is 160. The van der Waals surface area contributed by atoms with E-state index in [0.717, 1.165) is 0 Å². The highest BCUT2D eigenvalue weighted by molar-refractivity contribution is 5.79. The molecule has 0 aromatic heterocycles. The lowest BCUT2D eigenvalue weighted by Gasteiger charge is -2.18. The fraction of sp³-hybridized carbons (Fsp3) is 0.889. The zero-order valence-corrected chi connectivity index (χ0v) is 8.58. The minimum Gasteiger partial charge on any atom is -0.396 e. The average molecular weight is 188 g/mol. The van der Waals surface area contributed by atoms with E-state index in [1.54, 1.807) is 13.8 Å². The number of amides is 1. The molecule has 0 aliphatic carbocycles. The zero-order chi connectivity index (χ0) is 10.4. The van der Waals surface area contributed by atoms with E-state index in [1.165, 1.54) is 0 Å². The van der Waals surface area contributed by atoms with Crippen molar-refractivity contribution >= 4 is 5.91 Å². The molecular formula is C9H20N2O2. The van der Waals surface area contributed by atoms with Crippen molar-refractivity contribution in [2.45, 2.75) is 39.3 Å². The van der Waals surface area contributed by atoms with Crippen molar-refractivity contribution < 1.29 is 9.90 Å². The average Bonchev–Trinajstić information content (AvgIpc) is 2.03. The molecule has 3 atom stereocenters. The van der Waals surface area contributed by atoms with Crippen molar-refractivity contribution in [2.24, 2.45) is 11.7 Å². The topological polar surface area (TPSA) is 75.3 Å². The molecule has 0 aromatic rings. The van der Waals surface area contributed by atoms with Gasteiger partial charge >= 0.3 is 0 Å². The molecule has 0 heterocycles. The van der Waals surface area contributed by atoms with Crippen LogP contribution in [0.3, 0.4) is 0 Å². The van der Waals surface area contributed by atoms with Crippen LogP contribution in [0.15, 0.2) is 0 Å². The van der Waals surface area contributed by atoms with Gasteiger partial charge < -0.3 is 16.2 Å². The lowest BCUT2D eigenvalue weighted by molar-refractivity contribution is -0.125. The minimum absolute atomic E-state index is 0.0127. The van der Waals surface area contributed by atoms with Gasteiger partial charge in [-0.2, -0.15) is 0 Å². The Morgan fingerprint density at radius 2 is 2.00 bits per heavy atom. The van der Waals surface area contributed by atoms with E-state index >= 15 is 0 Å². The van der Waals surface area contributed by atoms with Gasteiger partial charge in [0.15, 0.2) is 0 Å². The van der Waals surface area contributed by atoms with Gasteiger partial charge in [-0.25, -0.2) is 0 Å². The van der Waals surface area contributed by atoms with Gasteiger partial charge in [0.2, 0.25) is 5.91 Å². The predicted molar refractivity (Wildman–Crippen MR) is 52.1 cm³/mol. The molecule has 0 saturated heterocycles. The van der Waals surface area contributed by atoms with Crippen LogP contribution in [0.25, 0.3) is 0 Å². The van der Waals surface area contributed by atoms with Crippen LogP contribution in [0.1, 0.15) is 27.2 Å². The highest BCUT2D eigenvalue weighted by atomic mass is 16.3. The summed E-state index contributed by atoms with van der Waals surface area (Å²) in [5.74, 6) is -0.225. The molecule has 4 heteroatoms. The van der Waals surface area contributed by atoms with Crippen molar-refractivity contribution in [2.75, 3.05) is 6.61 Å². The van der Waals surface area contributed by atoms with Crippen LogP contribution in [-0.4, -0.2) is 29.7 Å². The molecule has 0 rings (SSSR count). The maximum atomic E-state index is 11.4.